The van der Waals surface area contributed by atoms with Crippen molar-refractivity contribution >= 4 is 22.8 Å². The van der Waals surface area contributed by atoms with Gasteiger partial charge in [0.05, 0.1) is 30.1 Å². The van der Waals surface area contributed by atoms with E-state index in [0.717, 1.165) is 5.56 Å². The molecule has 34 heavy (non-hydrogen) atoms. The van der Waals surface area contributed by atoms with Gasteiger partial charge in [0.2, 0.25) is 0 Å². The fourth-order valence-electron chi connectivity index (χ4n) is 3.87. The molecule has 0 saturated heterocycles. The molecule has 0 fully saturated rings. The lowest BCUT2D eigenvalue weighted by atomic mass is 10.1. The van der Waals surface area contributed by atoms with Gasteiger partial charge in [0.1, 0.15) is 5.82 Å². The van der Waals surface area contributed by atoms with Crippen LogP contribution in [-0.2, 0) is 16.1 Å². The average Bonchev–Trinajstić information content (AvgIpc) is 2.87. The van der Waals surface area contributed by atoms with Crippen LogP contribution in [0.4, 0.5) is 0 Å². The quantitative estimate of drug-likeness (QED) is 0.395. The maximum Gasteiger partial charge on any atom is 0.307 e. The number of hydrogen-bond acceptors (Lipinski definition) is 5. The van der Waals surface area contributed by atoms with Gasteiger partial charge < -0.3 is 9.64 Å². The number of rotatable bonds is 7. The summed E-state index contributed by atoms with van der Waals surface area (Å²) in [6, 6.07) is 23.7. The van der Waals surface area contributed by atoms with E-state index >= 15 is 0 Å². The Kier molecular flexibility index (Phi) is 6.82. The summed E-state index contributed by atoms with van der Waals surface area (Å²) in [5.74, 6) is -0.0218. The number of amides is 1. The minimum Gasteiger partial charge on any atom is -0.469 e. The number of esters is 1. The highest BCUT2D eigenvalue weighted by molar-refractivity contribution is 5.94. The van der Waals surface area contributed by atoms with Gasteiger partial charge in [0.15, 0.2) is 0 Å². The Hall–Kier alpha value is -4.26. The van der Waals surface area contributed by atoms with Crippen molar-refractivity contribution in [3.63, 3.8) is 0 Å². The summed E-state index contributed by atoms with van der Waals surface area (Å²) in [6.45, 7) is 2.38. The van der Waals surface area contributed by atoms with Crippen LogP contribution in [0.15, 0.2) is 83.7 Å². The van der Waals surface area contributed by atoms with Gasteiger partial charge in [0, 0.05) is 18.7 Å². The Bertz CT molecular complexity index is 1380. The third kappa shape index (κ3) is 4.88. The van der Waals surface area contributed by atoms with Crippen molar-refractivity contribution in [1.29, 1.82) is 0 Å². The van der Waals surface area contributed by atoms with Gasteiger partial charge in [-0.15, -0.1) is 0 Å². The molecule has 0 unspecified atom stereocenters. The van der Waals surface area contributed by atoms with E-state index in [4.69, 9.17) is 4.74 Å². The van der Waals surface area contributed by atoms with Gasteiger partial charge in [0.25, 0.3) is 11.5 Å². The fraction of sp³-hybridized carbons (Fsp3) is 0.185. The molecule has 172 valence electrons. The Balaban J connectivity index is 1.62. The molecule has 7 heteroatoms. The lowest BCUT2D eigenvalue weighted by Crippen LogP contribution is -2.32. The maximum atomic E-state index is 13.3. The second-order valence-corrected chi connectivity index (χ2v) is 7.90. The molecule has 7 nitrogen and oxygen atoms in total. The van der Waals surface area contributed by atoms with Crippen molar-refractivity contribution in [1.82, 2.24) is 14.5 Å². The van der Waals surface area contributed by atoms with Crippen LogP contribution in [0.3, 0.4) is 0 Å². The molecule has 0 saturated carbocycles. The zero-order chi connectivity index (χ0) is 24.1. The summed E-state index contributed by atoms with van der Waals surface area (Å²) in [5, 5.41) is 0.532. The number of aryl methyl sites for hydroxylation is 1. The Morgan fingerprint density at radius 2 is 1.62 bits per heavy atom. The maximum absolute atomic E-state index is 13.3. The zero-order valence-electron chi connectivity index (χ0n) is 19.1. The van der Waals surface area contributed by atoms with E-state index in [2.05, 4.69) is 4.98 Å². The van der Waals surface area contributed by atoms with Crippen molar-refractivity contribution < 1.29 is 14.3 Å². The monoisotopic (exact) mass is 455 g/mol. The van der Waals surface area contributed by atoms with Crippen LogP contribution >= 0.6 is 0 Å². The summed E-state index contributed by atoms with van der Waals surface area (Å²) in [5.41, 5.74) is 2.54. The van der Waals surface area contributed by atoms with E-state index in [9.17, 15) is 14.4 Å². The fourth-order valence-corrected chi connectivity index (χ4v) is 3.87. The normalized spacial score (nSPS) is 10.8. The van der Waals surface area contributed by atoms with Crippen LogP contribution in [0.2, 0.25) is 0 Å². The molecule has 0 aliphatic carbocycles. The highest BCUT2D eigenvalue weighted by Gasteiger charge is 2.18. The molecule has 4 aromatic rings. The number of fused-ring (bicyclic) bond motifs is 1. The first-order chi connectivity index (χ1) is 16.5. The van der Waals surface area contributed by atoms with Crippen molar-refractivity contribution in [3.8, 4) is 5.69 Å². The number of carbonyl (C=O) groups is 2. The van der Waals surface area contributed by atoms with Gasteiger partial charge in [-0.2, -0.15) is 0 Å². The standard InChI is InChI=1S/C27H25N3O4/c1-19-28-24-11-7-6-10-23(24)27(33)30(19)22-14-12-21(13-15-22)26(32)29(17-16-25(31)34-2)18-20-8-4-3-5-9-20/h3-15H,16-18H2,1-2H3. The Morgan fingerprint density at radius 3 is 2.32 bits per heavy atom. The van der Waals surface area contributed by atoms with Crippen LogP contribution in [-0.4, -0.2) is 40.0 Å². The molecule has 1 heterocycles. The molecule has 1 amide bonds. The third-order valence-electron chi connectivity index (χ3n) is 5.63. The van der Waals surface area contributed by atoms with Crippen molar-refractivity contribution in [2.45, 2.75) is 19.9 Å². The number of carbonyl (C=O) groups excluding carboxylic acids is 2. The van der Waals surface area contributed by atoms with E-state index in [1.807, 2.05) is 48.5 Å². The molecule has 0 aliphatic heterocycles. The summed E-state index contributed by atoms with van der Waals surface area (Å²) in [4.78, 5) is 44.2. The Labute approximate surface area is 197 Å². The smallest absolute Gasteiger partial charge is 0.307 e. The zero-order valence-corrected chi connectivity index (χ0v) is 19.1. The average molecular weight is 456 g/mol. The molecular formula is C27H25N3O4. The molecule has 0 N–H and O–H groups in total. The first kappa shape index (κ1) is 22.9. The summed E-state index contributed by atoms with van der Waals surface area (Å²) < 4.78 is 6.28. The number of benzene rings is 3. The number of para-hydroxylation sites is 1. The van der Waals surface area contributed by atoms with Gasteiger partial charge in [-0.05, 0) is 48.9 Å². The number of aromatic nitrogens is 2. The first-order valence-electron chi connectivity index (χ1n) is 11.0. The van der Waals surface area contributed by atoms with Gasteiger partial charge in [-0.1, -0.05) is 42.5 Å². The van der Waals surface area contributed by atoms with Gasteiger partial charge >= 0.3 is 5.97 Å². The predicted molar refractivity (Wildman–Crippen MR) is 130 cm³/mol. The van der Waals surface area contributed by atoms with Gasteiger partial charge in [-0.3, -0.25) is 19.0 Å². The highest BCUT2D eigenvalue weighted by atomic mass is 16.5. The number of nitrogens with zero attached hydrogens (tertiary/aromatic N) is 3. The summed E-state index contributed by atoms with van der Waals surface area (Å²) >= 11 is 0. The van der Waals surface area contributed by atoms with E-state index in [-0.39, 0.29) is 30.4 Å². The lowest BCUT2D eigenvalue weighted by Gasteiger charge is -2.23. The molecule has 0 aliphatic rings. The van der Waals surface area contributed by atoms with Crippen LogP contribution in [0, 0.1) is 6.92 Å². The molecule has 0 radical (unpaired) electrons. The van der Waals surface area contributed by atoms with E-state index in [1.54, 1.807) is 42.2 Å². The largest absolute Gasteiger partial charge is 0.469 e. The first-order valence-corrected chi connectivity index (χ1v) is 11.0. The Morgan fingerprint density at radius 1 is 0.941 bits per heavy atom. The number of methoxy groups -OCH3 is 1. The second kappa shape index (κ2) is 10.1. The number of ether oxygens (including phenoxy) is 1. The van der Waals surface area contributed by atoms with E-state index in [0.29, 0.717) is 34.5 Å². The molecule has 0 bridgehead atoms. The minimum atomic E-state index is -0.375. The van der Waals surface area contributed by atoms with Crippen LogP contribution < -0.4 is 5.56 Å². The van der Waals surface area contributed by atoms with Crippen molar-refractivity contribution in [2.24, 2.45) is 0 Å². The SMILES string of the molecule is COC(=O)CCN(Cc1ccccc1)C(=O)c1ccc(-n2c(C)nc3ccccc3c2=O)cc1. The van der Waals surface area contributed by atoms with E-state index < -0.39 is 0 Å². The van der Waals surface area contributed by atoms with Gasteiger partial charge in [-0.25, -0.2) is 4.98 Å². The minimum absolute atomic E-state index is 0.102. The lowest BCUT2D eigenvalue weighted by molar-refractivity contribution is -0.140. The molecule has 0 spiro atoms. The van der Waals surface area contributed by atoms with Crippen LogP contribution in [0.1, 0.15) is 28.2 Å². The molecular weight excluding hydrogens is 430 g/mol. The highest BCUT2D eigenvalue weighted by Crippen LogP contribution is 2.16. The third-order valence-corrected chi connectivity index (χ3v) is 5.63. The topological polar surface area (TPSA) is 81.5 Å². The van der Waals surface area contributed by atoms with Crippen LogP contribution in [0.5, 0.6) is 0 Å². The molecule has 1 aromatic heterocycles. The predicted octanol–water partition coefficient (Wildman–Crippen LogP) is 3.90. The molecule has 0 atom stereocenters. The van der Waals surface area contributed by atoms with Crippen molar-refractivity contribution in [3.05, 3.63) is 106 Å². The van der Waals surface area contributed by atoms with Crippen molar-refractivity contribution in [2.75, 3.05) is 13.7 Å². The van der Waals surface area contributed by atoms with E-state index in [1.165, 1.54) is 11.7 Å². The molecule has 3 aromatic carbocycles. The second-order valence-electron chi connectivity index (χ2n) is 7.90. The van der Waals surface area contributed by atoms with Crippen LogP contribution in [0.25, 0.3) is 16.6 Å². The summed E-state index contributed by atoms with van der Waals surface area (Å²) in [6.07, 6.45) is 0.102. The molecule has 4 rings (SSSR count). The number of hydrogen-bond donors (Lipinski definition) is 0. The summed E-state index contributed by atoms with van der Waals surface area (Å²) in [7, 11) is 1.33.